The van der Waals surface area contributed by atoms with Crippen molar-refractivity contribution in [3.05, 3.63) is 42.4 Å². The summed E-state index contributed by atoms with van der Waals surface area (Å²) in [6, 6.07) is 5.92. The Kier molecular flexibility index (Phi) is 4.37. The molecule has 0 radical (unpaired) electrons. The number of hydrogen-bond donors (Lipinski definition) is 3. The zero-order valence-corrected chi connectivity index (χ0v) is 17.5. The normalized spacial score (nSPS) is 20.8. The van der Waals surface area contributed by atoms with Crippen molar-refractivity contribution in [3.8, 4) is 11.3 Å². The molecule has 1 aliphatic carbocycles. The molecule has 0 unspecified atom stereocenters. The van der Waals surface area contributed by atoms with E-state index < -0.39 is 12.1 Å². The minimum absolute atomic E-state index is 0.213. The zero-order chi connectivity index (χ0) is 21.8. The van der Waals surface area contributed by atoms with Gasteiger partial charge in [0.25, 0.3) is 5.91 Å². The molecule has 0 bridgehead atoms. The monoisotopic (exact) mass is 433 g/mol. The van der Waals surface area contributed by atoms with Crippen molar-refractivity contribution >= 4 is 28.4 Å². The Hall–Kier alpha value is -3.50. The van der Waals surface area contributed by atoms with Gasteiger partial charge in [-0.2, -0.15) is 9.61 Å². The van der Waals surface area contributed by atoms with Crippen LogP contribution in [0.1, 0.15) is 29.2 Å². The molecule has 10 heteroatoms. The van der Waals surface area contributed by atoms with Gasteiger partial charge in [0.2, 0.25) is 0 Å². The van der Waals surface area contributed by atoms with E-state index in [-0.39, 0.29) is 19.1 Å². The Morgan fingerprint density at radius 2 is 2.16 bits per heavy atom. The molecule has 3 N–H and O–H groups in total. The third kappa shape index (κ3) is 3.02. The fourth-order valence-corrected chi connectivity index (χ4v) is 4.28. The minimum Gasteiger partial charge on any atom is -0.388 e. The number of hydrogen-bond acceptors (Lipinski definition) is 7. The van der Waals surface area contributed by atoms with Gasteiger partial charge in [-0.1, -0.05) is 0 Å². The van der Waals surface area contributed by atoms with Crippen LogP contribution in [0, 0.1) is 0 Å². The number of anilines is 1. The SMILES string of the molecule is CNc1cc(-c2cn(C3CC3)c3ncccc23)nc2c(C(=O)N[C@H]3COC[C@H]3O)cnn12. The molecule has 5 heterocycles. The summed E-state index contributed by atoms with van der Waals surface area (Å²) < 4.78 is 9.07. The van der Waals surface area contributed by atoms with Crippen molar-refractivity contribution in [3.63, 3.8) is 0 Å². The highest BCUT2D eigenvalue weighted by Crippen LogP contribution is 2.40. The molecular formula is C22H23N7O3. The first-order valence-corrected chi connectivity index (χ1v) is 10.7. The first-order valence-electron chi connectivity index (χ1n) is 10.7. The maximum atomic E-state index is 13.0. The predicted molar refractivity (Wildman–Crippen MR) is 118 cm³/mol. The average molecular weight is 433 g/mol. The molecule has 4 aromatic heterocycles. The summed E-state index contributed by atoms with van der Waals surface area (Å²) >= 11 is 0. The van der Waals surface area contributed by atoms with Gasteiger partial charge in [-0.25, -0.2) is 9.97 Å². The maximum absolute atomic E-state index is 13.0. The second-order valence-electron chi connectivity index (χ2n) is 8.31. The molecule has 164 valence electrons. The number of carbonyl (C=O) groups excluding carboxylic acids is 1. The summed E-state index contributed by atoms with van der Waals surface area (Å²) in [5.74, 6) is 0.368. The molecule has 6 rings (SSSR count). The summed E-state index contributed by atoms with van der Waals surface area (Å²) in [7, 11) is 1.81. The number of aromatic nitrogens is 5. The third-order valence-electron chi connectivity index (χ3n) is 6.15. The van der Waals surface area contributed by atoms with E-state index in [0.717, 1.165) is 35.1 Å². The smallest absolute Gasteiger partial charge is 0.257 e. The number of ether oxygens (including phenoxy) is 1. The lowest BCUT2D eigenvalue weighted by Gasteiger charge is -2.14. The molecule has 2 atom stereocenters. The molecule has 1 aliphatic heterocycles. The largest absolute Gasteiger partial charge is 0.388 e. The number of pyridine rings is 1. The first kappa shape index (κ1) is 19.2. The summed E-state index contributed by atoms with van der Waals surface area (Å²) in [5.41, 5.74) is 3.42. The lowest BCUT2D eigenvalue weighted by atomic mass is 10.1. The quantitative estimate of drug-likeness (QED) is 0.438. The standard InChI is InChI=1S/C22H23N7O3/c1-23-19-7-16(15-9-28(12-4-5-12)20-13(15)3-2-6-24-20)26-21-14(8-25-29(19)21)22(31)27-17-10-32-11-18(17)30/h2-3,6-9,12,17-18,23,30H,4-5,10-11H2,1H3,(H,27,31)/t17-,18+/m0/s1. The number of nitrogens with one attached hydrogen (secondary N) is 2. The van der Waals surface area contributed by atoms with Crippen LogP contribution in [-0.2, 0) is 4.74 Å². The number of aliphatic hydroxyl groups is 1. The Morgan fingerprint density at radius 3 is 2.91 bits per heavy atom. The van der Waals surface area contributed by atoms with Gasteiger partial charge in [0.1, 0.15) is 17.0 Å². The van der Waals surface area contributed by atoms with Crippen molar-refractivity contribution < 1.29 is 14.6 Å². The molecule has 0 aromatic carbocycles. The van der Waals surface area contributed by atoms with Gasteiger partial charge in [-0.3, -0.25) is 4.79 Å². The van der Waals surface area contributed by atoms with E-state index in [9.17, 15) is 9.90 Å². The van der Waals surface area contributed by atoms with Crippen molar-refractivity contribution in [2.24, 2.45) is 0 Å². The van der Waals surface area contributed by atoms with E-state index >= 15 is 0 Å². The molecular weight excluding hydrogens is 410 g/mol. The predicted octanol–water partition coefficient (Wildman–Crippen LogP) is 1.61. The van der Waals surface area contributed by atoms with E-state index in [4.69, 9.17) is 9.72 Å². The summed E-state index contributed by atoms with van der Waals surface area (Å²) in [6.45, 7) is 0.491. The van der Waals surface area contributed by atoms with Crippen LogP contribution >= 0.6 is 0 Å². The number of rotatable bonds is 5. The summed E-state index contributed by atoms with van der Waals surface area (Å²) in [4.78, 5) is 22.4. The zero-order valence-electron chi connectivity index (χ0n) is 17.5. The number of nitrogens with zero attached hydrogens (tertiary/aromatic N) is 5. The maximum Gasteiger partial charge on any atom is 0.257 e. The molecule has 10 nitrogen and oxygen atoms in total. The van der Waals surface area contributed by atoms with Gasteiger partial charge >= 0.3 is 0 Å². The van der Waals surface area contributed by atoms with Crippen molar-refractivity contribution in [1.29, 1.82) is 0 Å². The van der Waals surface area contributed by atoms with E-state index in [1.807, 2.05) is 18.2 Å². The minimum atomic E-state index is -0.724. The topological polar surface area (TPSA) is 119 Å². The molecule has 2 fully saturated rings. The van der Waals surface area contributed by atoms with E-state index in [0.29, 0.717) is 23.1 Å². The van der Waals surface area contributed by atoms with Gasteiger partial charge < -0.3 is 25.0 Å². The Labute approximate surface area is 183 Å². The van der Waals surface area contributed by atoms with Crippen molar-refractivity contribution in [2.75, 3.05) is 25.6 Å². The molecule has 1 saturated carbocycles. The Balaban J connectivity index is 1.47. The first-order chi connectivity index (χ1) is 15.6. The molecule has 1 amide bonds. The third-order valence-corrected chi connectivity index (χ3v) is 6.15. The van der Waals surface area contributed by atoms with Crippen LogP contribution in [-0.4, -0.2) is 67.6 Å². The second-order valence-corrected chi connectivity index (χ2v) is 8.31. The Morgan fingerprint density at radius 1 is 1.28 bits per heavy atom. The highest BCUT2D eigenvalue weighted by Gasteiger charge is 2.30. The van der Waals surface area contributed by atoms with Gasteiger partial charge in [0, 0.05) is 42.5 Å². The number of amides is 1. The molecule has 0 spiro atoms. The molecule has 2 aliphatic rings. The van der Waals surface area contributed by atoms with Crippen molar-refractivity contribution in [1.82, 2.24) is 29.5 Å². The van der Waals surface area contributed by atoms with Crippen molar-refractivity contribution in [2.45, 2.75) is 31.0 Å². The highest BCUT2D eigenvalue weighted by molar-refractivity contribution is 6.01. The van der Waals surface area contributed by atoms with Crippen LogP contribution in [0.2, 0.25) is 0 Å². The lowest BCUT2D eigenvalue weighted by molar-refractivity contribution is 0.0888. The van der Waals surface area contributed by atoms with E-state index in [1.54, 1.807) is 17.8 Å². The van der Waals surface area contributed by atoms with Crippen LogP contribution in [0.5, 0.6) is 0 Å². The van der Waals surface area contributed by atoms with Crippen LogP contribution in [0.15, 0.2) is 36.8 Å². The van der Waals surface area contributed by atoms with Crippen LogP contribution in [0.4, 0.5) is 5.82 Å². The Bertz CT molecular complexity index is 1340. The summed E-state index contributed by atoms with van der Waals surface area (Å²) in [6.07, 6.45) is 6.99. The van der Waals surface area contributed by atoms with Gasteiger partial charge in [-0.15, -0.1) is 0 Å². The van der Waals surface area contributed by atoms with Gasteiger partial charge in [0.15, 0.2) is 5.65 Å². The number of carbonyl (C=O) groups is 1. The van der Waals surface area contributed by atoms with Gasteiger partial charge in [0.05, 0.1) is 37.3 Å². The van der Waals surface area contributed by atoms with Crippen LogP contribution < -0.4 is 10.6 Å². The molecule has 1 saturated heterocycles. The molecule has 4 aromatic rings. The summed E-state index contributed by atoms with van der Waals surface area (Å²) in [5, 5.41) is 21.4. The van der Waals surface area contributed by atoms with Gasteiger partial charge in [-0.05, 0) is 25.0 Å². The van der Waals surface area contributed by atoms with E-state index in [2.05, 4.69) is 31.5 Å². The fraction of sp³-hybridized carbons (Fsp3) is 0.364. The number of fused-ring (bicyclic) bond motifs is 2. The average Bonchev–Trinajstić information content (AvgIpc) is 3.25. The molecule has 32 heavy (non-hydrogen) atoms. The number of aliphatic hydroxyl groups excluding tert-OH is 1. The second kappa shape index (κ2) is 7.28. The lowest BCUT2D eigenvalue weighted by Crippen LogP contribution is -2.42. The van der Waals surface area contributed by atoms with Crippen LogP contribution in [0.25, 0.3) is 27.9 Å². The van der Waals surface area contributed by atoms with E-state index in [1.165, 1.54) is 6.20 Å². The van der Waals surface area contributed by atoms with Crippen LogP contribution in [0.3, 0.4) is 0 Å². The highest BCUT2D eigenvalue weighted by atomic mass is 16.5. The fourth-order valence-electron chi connectivity index (χ4n) is 4.28.